The molecule has 2 fully saturated rings. The second-order valence-electron chi connectivity index (χ2n) is 4.76. The monoisotopic (exact) mass is 211 g/mol. The minimum absolute atomic E-state index is 0.413. The van der Waals surface area contributed by atoms with E-state index in [1.165, 1.54) is 19.4 Å². The molecule has 1 heterocycles. The Morgan fingerprint density at radius 2 is 2.00 bits per heavy atom. The number of carbonyl (C=O) groups is 1. The van der Waals surface area contributed by atoms with E-state index in [4.69, 9.17) is 4.74 Å². The molecule has 1 atom stereocenters. The Hall–Kier alpha value is -0.410. The molecule has 86 valence electrons. The van der Waals surface area contributed by atoms with Crippen LogP contribution in [0.4, 0.5) is 0 Å². The summed E-state index contributed by atoms with van der Waals surface area (Å²) in [6.45, 7) is 2.26. The van der Waals surface area contributed by atoms with E-state index in [1.807, 2.05) is 0 Å². The van der Waals surface area contributed by atoms with E-state index in [2.05, 4.69) is 4.90 Å². The molecule has 1 saturated carbocycles. The molecular weight excluding hydrogens is 190 g/mol. The molecule has 1 aliphatic heterocycles. The van der Waals surface area contributed by atoms with Crippen molar-refractivity contribution in [1.29, 1.82) is 0 Å². The third-order valence-electron chi connectivity index (χ3n) is 3.77. The molecule has 3 heteroatoms. The van der Waals surface area contributed by atoms with Gasteiger partial charge in [0, 0.05) is 32.5 Å². The second-order valence-corrected chi connectivity index (χ2v) is 4.76. The summed E-state index contributed by atoms with van der Waals surface area (Å²) in [7, 11) is 1.80. The Labute approximate surface area is 91.8 Å². The summed E-state index contributed by atoms with van der Waals surface area (Å²) in [6.07, 6.45) is 6.56. The molecular formula is C12H21NO2. The number of Topliss-reactive ketones (excluding diaryl/α,β-unsaturated/α-hetero) is 1. The van der Waals surface area contributed by atoms with Crippen molar-refractivity contribution in [3.63, 3.8) is 0 Å². The smallest absolute Gasteiger partial charge is 0.133 e. The highest BCUT2D eigenvalue weighted by Gasteiger charge is 2.28. The summed E-state index contributed by atoms with van der Waals surface area (Å²) in [5.41, 5.74) is 0. The van der Waals surface area contributed by atoms with Crippen LogP contribution in [-0.2, 0) is 9.53 Å². The minimum atomic E-state index is 0.413. The summed E-state index contributed by atoms with van der Waals surface area (Å²) in [5, 5.41) is 0. The third kappa shape index (κ3) is 2.79. The number of hydrogen-bond donors (Lipinski definition) is 0. The summed E-state index contributed by atoms with van der Waals surface area (Å²) in [6, 6.07) is 0.639. The van der Waals surface area contributed by atoms with Crippen LogP contribution in [0.2, 0.25) is 0 Å². The quantitative estimate of drug-likeness (QED) is 0.695. The first-order valence-corrected chi connectivity index (χ1v) is 6.08. The minimum Gasteiger partial charge on any atom is -0.380 e. The average molecular weight is 211 g/mol. The number of likely N-dealkylation sites (tertiary alicyclic amines) is 1. The van der Waals surface area contributed by atoms with Gasteiger partial charge >= 0.3 is 0 Å². The predicted octanol–water partition coefficient (Wildman–Crippen LogP) is 1.61. The van der Waals surface area contributed by atoms with Crippen LogP contribution < -0.4 is 0 Å². The first-order valence-electron chi connectivity index (χ1n) is 6.08. The van der Waals surface area contributed by atoms with Crippen LogP contribution in [0.25, 0.3) is 0 Å². The number of methoxy groups -OCH3 is 1. The van der Waals surface area contributed by atoms with Crippen LogP contribution in [0.3, 0.4) is 0 Å². The van der Waals surface area contributed by atoms with Gasteiger partial charge in [-0.25, -0.2) is 0 Å². The lowest BCUT2D eigenvalue weighted by Crippen LogP contribution is -2.46. The SMILES string of the molecule is COC1CCCN(C2CCC(=O)CC2)C1. The number of nitrogens with zero attached hydrogens (tertiary/aromatic N) is 1. The topological polar surface area (TPSA) is 29.5 Å². The van der Waals surface area contributed by atoms with Gasteiger partial charge in [-0.05, 0) is 32.2 Å². The number of ether oxygens (including phenoxy) is 1. The highest BCUT2D eigenvalue weighted by atomic mass is 16.5. The molecule has 2 aliphatic rings. The van der Waals surface area contributed by atoms with Gasteiger partial charge in [-0.2, -0.15) is 0 Å². The summed E-state index contributed by atoms with van der Waals surface area (Å²) < 4.78 is 5.42. The molecule has 1 saturated heterocycles. The van der Waals surface area contributed by atoms with Gasteiger partial charge < -0.3 is 4.74 Å². The van der Waals surface area contributed by atoms with Gasteiger partial charge in [0.05, 0.1) is 6.10 Å². The number of rotatable bonds is 2. The Kier molecular flexibility index (Phi) is 3.76. The van der Waals surface area contributed by atoms with Crippen molar-refractivity contribution in [3.8, 4) is 0 Å². The van der Waals surface area contributed by atoms with E-state index in [0.29, 0.717) is 17.9 Å². The fourth-order valence-electron chi connectivity index (χ4n) is 2.78. The van der Waals surface area contributed by atoms with Crippen molar-refractivity contribution in [2.24, 2.45) is 0 Å². The molecule has 2 rings (SSSR count). The number of ketones is 1. The first-order chi connectivity index (χ1) is 7.29. The highest BCUT2D eigenvalue weighted by molar-refractivity contribution is 5.79. The van der Waals surface area contributed by atoms with Crippen LogP contribution in [0.5, 0.6) is 0 Å². The average Bonchev–Trinajstić information content (AvgIpc) is 2.30. The zero-order chi connectivity index (χ0) is 10.7. The van der Waals surface area contributed by atoms with Gasteiger partial charge in [-0.3, -0.25) is 9.69 Å². The van der Waals surface area contributed by atoms with Crippen molar-refractivity contribution in [2.45, 2.75) is 50.7 Å². The standard InChI is InChI=1S/C12H21NO2/c1-15-12-3-2-8-13(9-12)10-4-6-11(14)7-5-10/h10,12H,2-9H2,1H3. The second kappa shape index (κ2) is 5.08. The molecule has 0 spiro atoms. The van der Waals surface area contributed by atoms with Crippen LogP contribution >= 0.6 is 0 Å². The molecule has 0 N–H and O–H groups in total. The Bertz CT molecular complexity index is 220. The molecule has 0 radical (unpaired) electrons. The van der Waals surface area contributed by atoms with Gasteiger partial charge in [0.15, 0.2) is 0 Å². The highest BCUT2D eigenvalue weighted by Crippen LogP contribution is 2.24. The molecule has 1 aliphatic carbocycles. The molecule has 15 heavy (non-hydrogen) atoms. The Morgan fingerprint density at radius 1 is 1.27 bits per heavy atom. The van der Waals surface area contributed by atoms with E-state index < -0.39 is 0 Å². The van der Waals surface area contributed by atoms with Crippen LogP contribution in [-0.4, -0.2) is 43.0 Å². The maximum atomic E-state index is 11.2. The van der Waals surface area contributed by atoms with Gasteiger partial charge in [-0.15, -0.1) is 0 Å². The van der Waals surface area contributed by atoms with Gasteiger partial charge in [0.2, 0.25) is 0 Å². The van der Waals surface area contributed by atoms with Crippen molar-refractivity contribution in [3.05, 3.63) is 0 Å². The van der Waals surface area contributed by atoms with Crippen molar-refractivity contribution in [2.75, 3.05) is 20.2 Å². The Balaban J connectivity index is 1.84. The first kappa shape index (κ1) is 11.1. The van der Waals surface area contributed by atoms with E-state index in [9.17, 15) is 4.79 Å². The third-order valence-corrected chi connectivity index (χ3v) is 3.77. The van der Waals surface area contributed by atoms with Gasteiger partial charge in [-0.1, -0.05) is 0 Å². The van der Waals surface area contributed by atoms with Crippen molar-refractivity contribution in [1.82, 2.24) is 4.90 Å². The summed E-state index contributed by atoms with van der Waals surface area (Å²) in [5.74, 6) is 0.451. The normalized spacial score (nSPS) is 30.7. The number of carbonyl (C=O) groups excluding carboxylic acids is 1. The van der Waals surface area contributed by atoms with Crippen LogP contribution in [0, 0.1) is 0 Å². The van der Waals surface area contributed by atoms with E-state index >= 15 is 0 Å². The van der Waals surface area contributed by atoms with Crippen molar-refractivity contribution < 1.29 is 9.53 Å². The number of hydrogen-bond acceptors (Lipinski definition) is 3. The predicted molar refractivity (Wildman–Crippen MR) is 58.9 cm³/mol. The zero-order valence-corrected chi connectivity index (χ0v) is 9.58. The summed E-state index contributed by atoms with van der Waals surface area (Å²) in [4.78, 5) is 13.7. The molecule has 0 bridgehead atoms. The zero-order valence-electron chi connectivity index (χ0n) is 9.58. The molecule has 1 unspecified atom stereocenters. The fraction of sp³-hybridized carbons (Fsp3) is 0.917. The Morgan fingerprint density at radius 3 is 2.67 bits per heavy atom. The molecule has 0 aromatic carbocycles. The molecule has 0 amide bonds. The lowest BCUT2D eigenvalue weighted by molar-refractivity contribution is -0.121. The van der Waals surface area contributed by atoms with Gasteiger partial charge in [0.1, 0.15) is 5.78 Å². The molecule has 0 aromatic heterocycles. The maximum absolute atomic E-state index is 11.2. The van der Waals surface area contributed by atoms with E-state index in [-0.39, 0.29) is 0 Å². The van der Waals surface area contributed by atoms with Crippen LogP contribution in [0.1, 0.15) is 38.5 Å². The lowest BCUT2D eigenvalue weighted by atomic mass is 9.91. The number of piperidine rings is 1. The largest absolute Gasteiger partial charge is 0.380 e. The lowest BCUT2D eigenvalue weighted by Gasteiger charge is -2.39. The molecule has 3 nitrogen and oxygen atoms in total. The fourth-order valence-corrected chi connectivity index (χ4v) is 2.78. The summed E-state index contributed by atoms with van der Waals surface area (Å²) >= 11 is 0. The van der Waals surface area contributed by atoms with E-state index in [1.54, 1.807) is 7.11 Å². The van der Waals surface area contributed by atoms with Crippen LogP contribution in [0.15, 0.2) is 0 Å². The maximum Gasteiger partial charge on any atom is 0.133 e. The van der Waals surface area contributed by atoms with Crippen molar-refractivity contribution >= 4 is 5.78 Å². The van der Waals surface area contributed by atoms with E-state index in [0.717, 1.165) is 32.2 Å². The molecule has 0 aromatic rings. The van der Waals surface area contributed by atoms with Gasteiger partial charge in [0.25, 0.3) is 0 Å².